The van der Waals surface area contributed by atoms with Gasteiger partial charge in [0.1, 0.15) is 5.82 Å². The summed E-state index contributed by atoms with van der Waals surface area (Å²) in [5.74, 6) is 0.680. The standard InChI is InChI=1S/C27H29FN6O/c1-18(2)33-17-25(34(27(33)35)22-12-8-20(28)9-13-22)24-14-16-30-26(32-24)31-21-10-6-19(7-11-21)23-5-3-4-15-29-23/h3-5,8-9,12-19,21H,6-7,10-11H2,1-2H3,(H,30,31,32). The molecule has 0 amide bonds. The SMILES string of the molecule is CC(C)n1cc(-c2ccnc(NC3CCC(c4ccccn4)CC3)n2)n(-c2ccc(F)cc2)c1=O. The van der Waals surface area contributed by atoms with Gasteiger partial charge >= 0.3 is 5.69 Å². The minimum Gasteiger partial charge on any atom is -0.351 e. The van der Waals surface area contributed by atoms with Gasteiger partial charge in [-0.05, 0) is 82.0 Å². The lowest BCUT2D eigenvalue weighted by Gasteiger charge is -2.28. The predicted molar refractivity (Wildman–Crippen MR) is 134 cm³/mol. The van der Waals surface area contributed by atoms with Crippen molar-refractivity contribution in [2.75, 3.05) is 5.32 Å². The van der Waals surface area contributed by atoms with Gasteiger partial charge in [-0.25, -0.2) is 19.2 Å². The average molecular weight is 473 g/mol. The summed E-state index contributed by atoms with van der Waals surface area (Å²) in [6.07, 6.45) is 9.52. The van der Waals surface area contributed by atoms with Gasteiger partial charge in [-0.1, -0.05) is 6.07 Å². The van der Waals surface area contributed by atoms with Crippen LogP contribution in [0.25, 0.3) is 17.1 Å². The minimum absolute atomic E-state index is 0.0309. The first-order valence-electron chi connectivity index (χ1n) is 12.1. The Bertz CT molecular complexity index is 1340. The molecule has 1 saturated carbocycles. The second-order valence-corrected chi connectivity index (χ2v) is 9.32. The summed E-state index contributed by atoms with van der Waals surface area (Å²) in [5, 5.41) is 3.49. The summed E-state index contributed by atoms with van der Waals surface area (Å²) in [6, 6.07) is 14.1. The van der Waals surface area contributed by atoms with Crippen molar-refractivity contribution >= 4 is 5.95 Å². The van der Waals surface area contributed by atoms with Crippen molar-refractivity contribution < 1.29 is 4.39 Å². The highest BCUT2D eigenvalue weighted by Gasteiger charge is 2.24. The van der Waals surface area contributed by atoms with Crippen LogP contribution in [0.1, 0.15) is 57.2 Å². The van der Waals surface area contributed by atoms with Crippen LogP contribution in [0, 0.1) is 5.82 Å². The number of anilines is 1. The number of hydrogen-bond acceptors (Lipinski definition) is 5. The van der Waals surface area contributed by atoms with Crippen molar-refractivity contribution in [2.24, 2.45) is 0 Å². The third kappa shape index (κ3) is 4.87. The number of aromatic nitrogens is 5. The van der Waals surface area contributed by atoms with Gasteiger partial charge in [-0.15, -0.1) is 0 Å². The average Bonchev–Trinajstić information content (AvgIpc) is 3.23. The van der Waals surface area contributed by atoms with Crippen LogP contribution in [0.3, 0.4) is 0 Å². The zero-order chi connectivity index (χ0) is 24.4. The topological polar surface area (TPSA) is 77.6 Å². The van der Waals surface area contributed by atoms with E-state index in [1.54, 1.807) is 39.7 Å². The van der Waals surface area contributed by atoms with Gasteiger partial charge in [0.2, 0.25) is 5.95 Å². The first kappa shape index (κ1) is 23.0. The third-order valence-electron chi connectivity index (χ3n) is 6.64. The van der Waals surface area contributed by atoms with E-state index in [0.29, 0.717) is 28.9 Å². The first-order chi connectivity index (χ1) is 17.0. The predicted octanol–water partition coefficient (Wildman–Crippen LogP) is 5.35. The Labute approximate surface area is 203 Å². The number of nitrogens with one attached hydrogen (secondary N) is 1. The van der Waals surface area contributed by atoms with E-state index in [1.807, 2.05) is 32.2 Å². The second kappa shape index (κ2) is 9.82. The molecule has 4 aromatic rings. The van der Waals surface area contributed by atoms with E-state index < -0.39 is 0 Å². The van der Waals surface area contributed by atoms with E-state index >= 15 is 0 Å². The highest BCUT2D eigenvalue weighted by Crippen LogP contribution is 2.33. The monoisotopic (exact) mass is 472 g/mol. The van der Waals surface area contributed by atoms with Crippen molar-refractivity contribution in [2.45, 2.75) is 57.5 Å². The fourth-order valence-corrected chi connectivity index (χ4v) is 4.76. The maximum atomic E-state index is 13.5. The minimum atomic E-state index is -0.349. The molecule has 3 aromatic heterocycles. The Balaban J connectivity index is 1.39. The van der Waals surface area contributed by atoms with Gasteiger partial charge in [0.25, 0.3) is 0 Å². The molecule has 0 aliphatic heterocycles. The quantitative estimate of drug-likeness (QED) is 0.409. The molecular formula is C27H29FN6O. The smallest absolute Gasteiger partial charge is 0.333 e. The largest absolute Gasteiger partial charge is 0.351 e. The van der Waals surface area contributed by atoms with Crippen LogP contribution >= 0.6 is 0 Å². The van der Waals surface area contributed by atoms with Crippen LogP contribution < -0.4 is 11.0 Å². The second-order valence-electron chi connectivity index (χ2n) is 9.32. The molecule has 35 heavy (non-hydrogen) atoms. The van der Waals surface area contributed by atoms with Gasteiger partial charge in [-0.2, -0.15) is 0 Å². The van der Waals surface area contributed by atoms with Gasteiger partial charge in [-0.3, -0.25) is 14.1 Å². The number of pyridine rings is 1. The number of hydrogen-bond donors (Lipinski definition) is 1. The van der Waals surface area contributed by atoms with Crippen molar-refractivity contribution in [1.29, 1.82) is 0 Å². The molecule has 5 rings (SSSR count). The lowest BCUT2D eigenvalue weighted by Crippen LogP contribution is -2.26. The summed E-state index contributed by atoms with van der Waals surface area (Å²) in [6.45, 7) is 3.91. The van der Waals surface area contributed by atoms with Gasteiger partial charge in [0.15, 0.2) is 0 Å². The molecule has 0 spiro atoms. The molecule has 3 heterocycles. The van der Waals surface area contributed by atoms with Gasteiger partial charge in [0.05, 0.1) is 17.1 Å². The molecule has 7 nitrogen and oxygen atoms in total. The molecule has 0 bridgehead atoms. The van der Waals surface area contributed by atoms with Crippen LogP contribution in [0.15, 0.2) is 71.9 Å². The molecule has 0 saturated heterocycles. The molecule has 1 aliphatic carbocycles. The van der Waals surface area contributed by atoms with Crippen LogP contribution in [-0.2, 0) is 0 Å². The maximum Gasteiger partial charge on any atom is 0.333 e. The molecule has 1 aromatic carbocycles. The summed E-state index contributed by atoms with van der Waals surface area (Å²) < 4.78 is 16.8. The lowest BCUT2D eigenvalue weighted by atomic mass is 9.84. The van der Waals surface area contributed by atoms with Crippen molar-refractivity contribution in [3.05, 3.63) is 89.1 Å². The molecule has 0 radical (unpaired) electrons. The van der Waals surface area contributed by atoms with Crippen molar-refractivity contribution in [1.82, 2.24) is 24.1 Å². The molecule has 0 unspecified atom stereocenters. The Morgan fingerprint density at radius 2 is 1.74 bits per heavy atom. The van der Waals surface area contributed by atoms with E-state index in [9.17, 15) is 9.18 Å². The Morgan fingerprint density at radius 3 is 2.43 bits per heavy atom. The highest BCUT2D eigenvalue weighted by molar-refractivity contribution is 5.59. The Kier molecular flexibility index (Phi) is 6.44. The summed E-state index contributed by atoms with van der Waals surface area (Å²) in [7, 11) is 0. The number of nitrogens with zero attached hydrogens (tertiary/aromatic N) is 5. The summed E-state index contributed by atoms with van der Waals surface area (Å²) in [4.78, 5) is 26.9. The maximum absolute atomic E-state index is 13.5. The van der Waals surface area contributed by atoms with Crippen LogP contribution in [0.4, 0.5) is 10.3 Å². The Hall–Kier alpha value is -3.81. The zero-order valence-corrected chi connectivity index (χ0v) is 19.9. The molecular weight excluding hydrogens is 443 g/mol. The molecule has 1 aliphatic rings. The lowest BCUT2D eigenvalue weighted by molar-refractivity contribution is 0.405. The van der Waals surface area contributed by atoms with Gasteiger partial charge < -0.3 is 5.32 Å². The molecule has 1 N–H and O–H groups in total. The summed E-state index contributed by atoms with van der Waals surface area (Å²) >= 11 is 0. The fourth-order valence-electron chi connectivity index (χ4n) is 4.76. The Morgan fingerprint density at radius 1 is 0.971 bits per heavy atom. The van der Waals surface area contributed by atoms with E-state index in [0.717, 1.165) is 31.4 Å². The number of imidazole rings is 1. The van der Waals surface area contributed by atoms with E-state index in [4.69, 9.17) is 4.98 Å². The van der Waals surface area contributed by atoms with Crippen LogP contribution in [0.2, 0.25) is 0 Å². The van der Waals surface area contributed by atoms with Gasteiger partial charge in [0, 0.05) is 42.3 Å². The first-order valence-corrected chi connectivity index (χ1v) is 12.1. The third-order valence-corrected chi connectivity index (χ3v) is 6.64. The molecule has 1 fully saturated rings. The molecule has 0 atom stereocenters. The number of benzene rings is 1. The van der Waals surface area contributed by atoms with E-state index in [2.05, 4.69) is 21.4 Å². The fraction of sp³-hybridized carbons (Fsp3) is 0.333. The number of rotatable bonds is 6. The normalized spacial score (nSPS) is 18.1. The molecule has 180 valence electrons. The summed E-state index contributed by atoms with van der Waals surface area (Å²) in [5.41, 5.74) is 2.83. The van der Waals surface area contributed by atoms with Crippen molar-refractivity contribution in [3.8, 4) is 17.1 Å². The van der Waals surface area contributed by atoms with E-state index in [1.165, 1.54) is 12.1 Å². The highest BCUT2D eigenvalue weighted by atomic mass is 19.1. The van der Waals surface area contributed by atoms with Crippen LogP contribution in [-0.4, -0.2) is 30.1 Å². The zero-order valence-electron chi connectivity index (χ0n) is 19.9. The van der Waals surface area contributed by atoms with E-state index in [-0.39, 0.29) is 23.6 Å². The molecule has 8 heteroatoms. The number of halogens is 1. The van der Waals surface area contributed by atoms with Crippen molar-refractivity contribution in [3.63, 3.8) is 0 Å². The van der Waals surface area contributed by atoms with Crippen LogP contribution in [0.5, 0.6) is 0 Å².